The quantitative estimate of drug-likeness (QED) is 0.529. The fraction of sp³-hybridized carbons (Fsp3) is 0.188. The highest BCUT2D eigenvalue weighted by Gasteiger charge is 2.22. The van der Waals surface area contributed by atoms with Gasteiger partial charge in [0.15, 0.2) is 0 Å². The van der Waals surface area contributed by atoms with Crippen molar-refractivity contribution in [3.05, 3.63) is 56.9 Å². The van der Waals surface area contributed by atoms with E-state index >= 15 is 0 Å². The number of aryl methyl sites for hydroxylation is 1. The van der Waals surface area contributed by atoms with E-state index in [9.17, 15) is 14.9 Å². The molecule has 25 heavy (non-hydrogen) atoms. The normalized spacial score (nSPS) is 12.1. The first-order chi connectivity index (χ1) is 11.9. The Hall–Kier alpha value is -2.81. The van der Waals surface area contributed by atoms with Crippen LogP contribution in [0.5, 0.6) is 0 Å². The number of nitro groups is 1. The molecule has 1 amide bonds. The maximum Gasteiger partial charge on any atom is 0.309 e. The van der Waals surface area contributed by atoms with Gasteiger partial charge in [-0.2, -0.15) is 5.10 Å². The summed E-state index contributed by atoms with van der Waals surface area (Å²) < 4.78 is 2.16. The van der Waals surface area contributed by atoms with Crippen LogP contribution in [0.3, 0.4) is 0 Å². The Balaban J connectivity index is 1.89. The summed E-state index contributed by atoms with van der Waals surface area (Å²) in [5, 5.41) is 18.7. The summed E-state index contributed by atoms with van der Waals surface area (Å²) in [6, 6.07) is 6.57. The maximum atomic E-state index is 12.6. The third-order valence-corrected chi connectivity index (χ3v) is 4.53. The Kier molecular flexibility index (Phi) is 4.49. The van der Waals surface area contributed by atoms with Gasteiger partial charge in [-0.1, -0.05) is 22.0 Å². The number of nitrogens with one attached hydrogen (secondary N) is 1. The monoisotopic (exact) mass is 403 g/mol. The molecular weight excluding hydrogens is 390 g/mol. The number of carbonyl (C=O) groups is 1. The van der Waals surface area contributed by atoms with Gasteiger partial charge in [0.2, 0.25) is 5.91 Å². The molecule has 0 bridgehead atoms. The first kappa shape index (κ1) is 17.0. The molecule has 0 fully saturated rings. The molecule has 2 aromatic heterocycles. The minimum absolute atomic E-state index is 0.115. The summed E-state index contributed by atoms with van der Waals surface area (Å²) >= 11 is 3.46. The number of aromatic nitrogens is 3. The molecule has 0 aliphatic rings. The average Bonchev–Trinajstić information content (AvgIpc) is 2.99. The molecule has 0 saturated heterocycles. The summed E-state index contributed by atoms with van der Waals surface area (Å²) in [7, 11) is 0. The molecule has 2 heterocycles. The number of halogens is 1. The minimum Gasteiger partial charge on any atom is -0.322 e. The van der Waals surface area contributed by atoms with Gasteiger partial charge < -0.3 is 5.32 Å². The average molecular weight is 404 g/mol. The number of pyridine rings is 1. The van der Waals surface area contributed by atoms with Crippen LogP contribution in [0.4, 0.5) is 11.4 Å². The number of benzene rings is 1. The van der Waals surface area contributed by atoms with Gasteiger partial charge in [-0.25, -0.2) is 0 Å². The smallest absolute Gasteiger partial charge is 0.309 e. The lowest BCUT2D eigenvalue weighted by molar-refractivity contribution is -0.385. The predicted octanol–water partition coefficient (Wildman–Crippen LogP) is 3.61. The summed E-state index contributed by atoms with van der Waals surface area (Å²) in [5.41, 5.74) is 1.37. The van der Waals surface area contributed by atoms with Crippen LogP contribution in [-0.4, -0.2) is 25.6 Å². The highest BCUT2D eigenvalue weighted by atomic mass is 79.9. The van der Waals surface area contributed by atoms with Crippen LogP contribution in [0.15, 0.2) is 41.1 Å². The van der Waals surface area contributed by atoms with Crippen LogP contribution in [-0.2, 0) is 4.79 Å². The van der Waals surface area contributed by atoms with Gasteiger partial charge >= 0.3 is 5.69 Å². The van der Waals surface area contributed by atoms with Crippen LogP contribution < -0.4 is 5.32 Å². The van der Waals surface area contributed by atoms with Gasteiger partial charge in [0.05, 0.1) is 16.1 Å². The van der Waals surface area contributed by atoms with E-state index in [1.54, 1.807) is 19.2 Å². The second kappa shape index (κ2) is 6.60. The first-order valence-corrected chi connectivity index (χ1v) is 8.22. The van der Waals surface area contributed by atoms with Crippen molar-refractivity contribution in [1.82, 2.24) is 14.8 Å². The number of fused-ring (bicyclic) bond motifs is 1. The zero-order valence-electron chi connectivity index (χ0n) is 13.4. The van der Waals surface area contributed by atoms with Crippen molar-refractivity contribution in [2.24, 2.45) is 0 Å². The molecule has 0 aliphatic heterocycles. The van der Waals surface area contributed by atoms with Crippen molar-refractivity contribution in [3.63, 3.8) is 0 Å². The number of amides is 1. The van der Waals surface area contributed by atoms with Gasteiger partial charge in [0, 0.05) is 16.1 Å². The number of rotatable bonds is 4. The van der Waals surface area contributed by atoms with Crippen molar-refractivity contribution >= 4 is 44.1 Å². The summed E-state index contributed by atoms with van der Waals surface area (Å²) in [4.78, 5) is 27.3. The molecule has 1 N–H and O–H groups in total. The number of anilines is 1. The molecular formula is C16H14BrN5O3. The van der Waals surface area contributed by atoms with Crippen LogP contribution in [0.25, 0.3) is 10.9 Å². The number of hydrogen-bond donors (Lipinski definition) is 1. The Morgan fingerprint density at radius 1 is 1.40 bits per heavy atom. The topological polar surface area (TPSA) is 103 Å². The van der Waals surface area contributed by atoms with Gasteiger partial charge in [0.25, 0.3) is 0 Å². The van der Waals surface area contributed by atoms with E-state index in [0.29, 0.717) is 11.2 Å². The highest BCUT2D eigenvalue weighted by Crippen LogP contribution is 2.29. The second-order valence-corrected chi connectivity index (χ2v) is 6.35. The van der Waals surface area contributed by atoms with Crippen molar-refractivity contribution < 1.29 is 9.72 Å². The largest absolute Gasteiger partial charge is 0.322 e. The molecule has 3 aromatic rings. The Morgan fingerprint density at radius 2 is 2.16 bits per heavy atom. The standard InChI is InChI=1S/C16H14BrN5O3/c1-9-14(22(24)25)8-21(20-9)10(2)16(23)19-13-6-5-12(17)11-4-3-7-18-15(11)13/h3-8,10H,1-2H3,(H,19,23)/t10-/m1/s1. The molecule has 1 aromatic carbocycles. The van der Waals surface area contributed by atoms with Crippen molar-refractivity contribution in [2.75, 3.05) is 5.32 Å². The molecule has 3 rings (SSSR count). The highest BCUT2D eigenvalue weighted by molar-refractivity contribution is 9.10. The van der Waals surface area contributed by atoms with Crippen molar-refractivity contribution in [2.45, 2.75) is 19.9 Å². The first-order valence-electron chi connectivity index (χ1n) is 7.42. The summed E-state index contributed by atoms with van der Waals surface area (Å²) in [5.74, 6) is -0.341. The SMILES string of the molecule is Cc1nn([C@H](C)C(=O)Nc2ccc(Br)c3cccnc23)cc1[N+](=O)[O-]. The van der Waals surface area contributed by atoms with Crippen LogP contribution in [0, 0.1) is 17.0 Å². The van der Waals surface area contributed by atoms with Crippen LogP contribution in [0.1, 0.15) is 18.7 Å². The van der Waals surface area contributed by atoms with Gasteiger partial charge in [-0.3, -0.25) is 24.6 Å². The van der Waals surface area contributed by atoms with E-state index in [4.69, 9.17) is 0 Å². The predicted molar refractivity (Wildman–Crippen MR) is 96.4 cm³/mol. The second-order valence-electron chi connectivity index (χ2n) is 5.50. The van der Waals surface area contributed by atoms with E-state index in [1.807, 2.05) is 18.2 Å². The van der Waals surface area contributed by atoms with Crippen molar-refractivity contribution in [3.8, 4) is 0 Å². The Labute approximate surface area is 151 Å². The van der Waals surface area contributed by atoms with Crippen molar-refractivity contribution in [1.29, 1.82) is 0 Å². The van der Waals surface area contributed by atoms with E-state index in [-0.39, 0.29) is 17.3 Å². The summed E-state index contributed by atoms with van der Waals surface area (Å²) in [6.07, 6.45) is 2.91. The fourth-order valence-electron chi connectivity index (χ4n) is 2.45. The van der Waals surface area contributed by atoms with Gasteiger partial charge in [-0.15, -0.1) is 0 Å². The molecule has 8 nitrogen and oxygen atoms in total. The Morgan fingerprint density at radius 3 is 2.84 bits per heavy atom. The summed E-state index contributed by atoms with van der Waals surface area (Å²) in [6.45, 7) is 3.16. The van der Waals surface area contributed by atoms with E-state index in [2.05, 4.69) is 31.3 Å². The van der Waals surface area contributed by atoms with Gasteiger partial charge in [0.1, 0.15) is 17.9 Å². The molecule has 0 unspecified atom stereocenters. The van der Waals surface area contributed by atoms with Crippen LogP contribution >= 0.6 is 15.9 Å². The van der Waals surface area contributed by atoms with Crippen LogP contribution in [0.2, 0.25) is 0 Å². The molecule has 0 saturated carbocycles. The molecule has 1 atom stereocenters. The third-order valence-electron chi connectivity index (χ3n) is 3.84. The molecule has 128 valence electrons. The lowest BCUT2D eigenvalue weighted by atomic mass is 10.2. The fourth-order valence-corrected chi connectivity index (χ4v) is 2.90. The van der Waals surface area contributed by atoms with E-state index < -0.39 is 11.0 Å². The maximum absolute atomic E-state index is 12.6. The Bertz CT molecular complexity index is 985. The zero-order chi connectivity index (χ0) is 18.1. The lowest BCUT2D eigenvalue weighted by Gasteiger charge is -2.14. The zero-order valence-corrected chi connectivity index (χ0v) is 15.0. The molecule has 0 radical (unpaired) electrons. The number of carbonyl (C=O) groups excluding carboxylic acids is 1. The third kappa shape index (κ3) is 3.22. The minimum atomic E-state index is -0.713. The number of hydrogen-bond acceptors (Lipinski definition) is 5. The van der Waals surface area contributed by atoms with E-state index in [0.717, 1.165) is 9.86 Å². The van der Waals surface area contributed by atoms with E-state index in [1.165, 1.54) is 17.8 Å². The molecule has 9 heteroatoms. The molecule has 0 aliphatic carbocycles. The lowest BCUT2D eigenvalue weighted by Crippen LogP contribution is -2.24. The number of nitrogens with zero attached hydrogens (tertiary/aromatic N) is 4. The van der Waals surface area contributed by atoms with Gasteiger partial charge in [-0.05, 0) is 32.0 Å². The molecule has 0 spiro atoms.